The molecule has 41 heavy (non-hydrogen) atoms. The van der Waals surface area contributed by atoms with E-state index in [9.17, 15) is 0 Å². The third-order valence-electron chi connectivity index (χ3n) is 8.02. The Morgan fingerprint density at radius 1 is 1.10 bits per heavy atom. The molecule has 3 aromatic rings. The van der Waals surface area contributed by atoms with Gasteiger partial charge in [-0.1, -0.05) is 80.3 Å². The van der Waals surface area contributed by atoms with Crippen LogP contribution in [0.2, 0.25) is 0 Å². The molecule has 1 aliphatic heterocycles. The minimum Gasteiger partial charge on any atom is -0.290 e. The average molecular weight is 539 g/mol. The van der Waals surface area contributed by atoms with Crippen LogP contribution in [0, 0.1) is 5.92 Å². The standard InChI is InChI=1S/C37H38N4/c1-7-10-13-33(40-25(4)35(38-6)26(8-2)9-3)29-16-14-27-15-17-30(24-31(27)23-29)34-21-19-28-18-20-32-12-11-22-39-37(32,5)36(28)41-34/h8-25,32H,2,7H2,1,3-6H3/b13-10-,26-9-,38-35-,40-33+. The zero-order valence-corrected chi connectivity index (χ0v) is 24.7. The van der Waals surface area contributed by atoms with E-state index in [-0.39, 0.29) is 17.5 Å². The lowest BCUT2D eigenvalue weighted by Crippen LogP contribution is -2.33. The molecule has 3 atom stereocenters. The highest BCUT2D eigenvalue weighted by atomic mass is 14.9. The molecule has 206 valence electrons. The van der Waals surface area contributed by atoms with E-state index < -0.39 is 0 Å². The highest BCUT2D eigenvalue weighted by Gasteiger charge is 2.39. The number of dihydropyridines is 1. The lowest BCUT2D eigenvalue weighted by molar-refractivity contribution is 0.404. The molecule has 4 heteroatoms. The SMILES string of the molecule is C=CC(=C/C)/C(=N\C)C(C)/N=C(\C=C/CC)c1ccc2ccc(-c3ccc4c(n3)C3(C)N=CC=CC3C=C4)cc2c1. The number of allylic oxidation sites excluding steroid dienone is 5. The van der Waals surface area contributed by atoms with Crippen molar-refractivity contribution in [2.24, 2.45) is 20.9 Å². The van der Waals surface area contributed by atoms with Crippen molar-refractivity contribution in [2.75, 3.05) is 7.05 Å². The van der Waals surface area contributed by atoms with E-state index in [2.05, 4.69) is 111 Å². The fraction of sp³-hybridized carbons (Fsp3) is 0.243. The van der Waals surface area contributed by atoms with Crippen LogP contribution in [-0.2, 0) is 5.54 Å². The number of hydrogen-bond donors (Lipinski definition) is 0. The monoisotopic (exact) mass is 538 g/mol. The van der Waals surface area contributed by atoms with Crippen LogP contribution >= 0.6 is 0 Å². The van der Waals surface area contributed by atoms with Crippen LogP contribution in [0.1, 0.15) is 50.9 Å². The van der Waals surface area contributed by atoms with E-state index in [0.29, 0.717) is 0 Å². The van der Waals surface area contributed by atoms with E-state index in [1.807, 2.05) is 38.4 Å². The molecule has 0 fully saturated rings. The van der Waals surface area contributed by atoms with Crippen LogP contribution in [-0.4, -0.2) is 35.7 Å². The summed E-state index contributed by atoms with van der Waals surface area (Å²) in [4.78, 5) is 19.7. The van der Waals surface area contributed by atoms with E-state index in [0.717, 1.165) is 56.9 Å². The number of nitrogens with zero attached hydrogens (tertiary/aromatic N) is 4. The summed E-state index contributed by atoms with van der Waals surface area (Å²) in [5, 5.41) is 2.33. The quantitative estimate of drug-likeness (QED) is 0.209. The number of hydrogen-bond acceptors (Lipinski definition) is 4. The smallest absolute Gasteiger partial charge is 0.110 e. The summed E-state index contributed by atoms with van der Waals surface area (Å²) in [7, 11) is 1.82. The molecule has 4 nitrogen and oxygen atoms in total. The minimum atomic E-state index is -0.383. The van der Waals surface area contributed by atoms with Gasteiger partial charge < -0.3 is 0 Å². The Balaban J connectivity index is 1.55. The summed E-state index contributed by atoms with van der Waals surface area (Å²) >= 11 is 0. The van der Waals surface area contributed by atoms with E-state index >= 15 is 0 Å². The van der Waals surface area contributed by atoms with Crippen LogP contribution in [0.4, 0.5) is 0 Å². The van der Waals surface area contributed by atoms with Gasteiger partial charge in [-0.25, -0.2) is 4.98 Å². The van der Waals surface area contributed by atoms with Gasteiger partial charge in [0.05, 0.1) is 28.9 Å². The molecule has 0 spiro atoms. The molecule has 0 saturated heterocycles. The normalized spacial score (nSPS) is 21.3. The molecule has 1 aromatic heterocycles. The van der Waals surface area contributed by atoms with Crippen molar-refractivity contribution in [3.05, 3.63) is 120 Å². The topological polar surface area (TPSA) is 50.0 Å². The first-order valence-corrected chi connectivity index (χ1v) is 14.4. The number of fused-ring (bicyclic) bond motifs is 4. The van der Waals surface area contributed by atoms with Gasteiger partial charge >= 0.3 is 0 Å². The van der Waals surface area contributed by atoms with Crippen LogP contribution in [0.15, 0.2) is 118 Å². The predicted octanol–water partition coefficient (Wildman–Crippen LogP) is 8.75. The molecule has 2 heterocycles. The number of aliphatic imine (C=N–C) groups is 3. The molecule has 0 N–H and O–H groups in total. The zero-order valence-electron chi connectivity index (χ0n) is 24.7. The first kappa shape index (κ1) is 28.1. The first-order valence-electron chi connectivity index (χ1n) is 14.4. The molecule has 5 rings (SSSR count). The summed E-state index contributed by atoms with van der Waals surface area (Å²) in [6, 6.07) is 17.3. The molecule has 2 aromatic carbocycles. The van der Waals surface area contributed by atoms with E-state index in [1.54, 1.807) is 0 Å². The van der Waals surface area contributed by atoms with Gasteiger partial charge in [0.1, 0.15) is 5.54 Å². The maximum absolute atomic E-state index is 5.18. The minimum absolute atomic E-state index is 0.112. The third kappa shape index (κ3) is 5.47. The van der Waals surface area contributed by atoms with Crippen molar-refractivity contribution < 1.29 is 0 Å². The highest BCUT2D eigenvalue weighted by Crippen LogP contribution is 2.42. The average Bonchev–Trinajstić information content (AvgIpc) is 3.00. The van der Waals surface area contributed by atoms with Gasteiger partial charge in [0.2, 0.25) is 0 Å². The number of pyridine rings is 1. The second-order valence-electron chi connectivity index (χ2n) is 10.7. The number of benzene rings is 2. The second-order valence-corrected chi connectivity index (χ2v) is 10.7. The van der Waals surface area contributed by atoms with Crippen molar-refractivity contribution in [2.45, 2.75) is 45.7 Å². The Kier molecular flexibility index (Phi) is 8.21. The largest absolute Gasteiger partial charge is 0.290 e. The van der Waals surface area contributed by atoms with Crippen molar-refractivity contribution in [1.29, 1.82) is 0 Å². The fourth-order valence-corrected chi connectivity index (χ4v) is 5.70. The van der Waals surface area contributed by atoms with Crippen LogP contribution in [0.5, 0.6) is 0 Å². The highest BCUT2D eigenvalue weighted by molar-refractivity contribution is 6.13. The van der Waals surface area contributed by atoms with Gasteiger partial charge in [0.25, 0.3) is 0 Å². The maximum atomic E-state index is 5.18. The van der Waals surface area contributed by atoms with Gasteiger partial charge in [-0.15, -0.1) is 0 Å². The van der Waals surface area contributed by atoms with Crippen LogP contribution < -0.4 is 0 Å². The number of aromatic nitrogens is 1. The lowest BCUT2D eigenvalue weighted by Gasteiger charge is -2.36. The Bertz CT molecular complexity index is 1700. The molecule has 0 radical (unpaired) electrons. The predicted molar refractivity (Wildman–Crippen MR) is 177 cm³/mol. The molecule has 1 aliphatic carbocycles. The van der Waals surface area contributed by atoms with Crippen molar-refractivity contribution in [3.8, 4) is 11.3 Å². The molecular weight excluding hydrogens is 500 g/mol. The Hall–Kier alpha value is -4.44. The molecule has 0 amide bonds. The Morgan fingerprint density at radius 2 is 1.93 bits per heavy atom. The van der Waals surface area contributed by atoms with Crippen molar-refractivity contribution in [3.63, 3.8) is 0 Å². The Labute approximate surface area is 244 Å². The lowest BCUT2D eigenvalue weighted by atomic mass is 9.76. The van der Waals surface area contributed by atoms with Gasteiger partial charge in [-0.05, 0) is 79.5 Å². The summed E-state index contributed by atoms with van der Waals surface area (Å²) in [5.74, 6) is 0.215. The summed E-state index contributed by atoms with van der Waals surface area (Å²) in [6.45, 7) is 12.4. The molecular formula is C37H38N4. The first-order chi connectivity index (χ1) is 19.9. The third-order valence-corrected chi connectivity index (χ3v) is 8.02. The van der Waals surface area contributed by atoms with Crippen molar-refractivity contribution in [1.82, 2.24) is 4.98 Å². The van der Waals surface area contributed by atoms with Crippen LogP contribution in [0.3, 0.4) is 0 Å². The Morgan fingerprint density at radius 3 is 2.68 bits per heavy atom. The molecule has 0 bridgehead atoms. The molecule has 0 saturated carbocycles. The summed E-state index contributed by atoms with van der Waals surface area (Å²) in [5.41, 5.74) is 7.76. The summed E-state index contributed by atoms with van der Waals surface area (Å²) in [6.07, 6.45) is 19.6. The maximum Gasteiger partial charge on any atom is 0.110 e. The van der Waals surface area contributed by atoms with E-state index in [1.165, 1.54) is 5.39 Å². The fourth-order valence-electron chi connectivity index (χ4n) is 5.70. The summed E-state index contributed by atoms with van der Waals surface area (Å²) < 4.78 is 0. The van der Waals surface area contributed by atoms with Gasteiger partial charge in [0, 0.05) is 30.3 Å². The van der Waals surface area contributed by atoms with Gasteiger partial charge in [-0.3, -0.25) is 15.0 Å². The molecule has 3 unspecified atom stereocenters. The van der Waals surface area contributed by atoms with Gasteiger partial charge in [-0.2, -0.15) is 0 Å². The van der Waals surface area contributed by atoms with Crippen molar-refractivity contribution >= 4 is 34.5 Å². The second kappa shape index (κ2) is 12.0. The number of rotatable bonds is 8. The molecule has 2 aliphatic rings. The van der Waals surface area contributed by atoms with E-state index in [4.69, 9.17) is 15.0 Å². The zero-order chi connectivity index (χ0) is 29.0. The van der Waals surface area contributed by atoms with Crippen LogP contribution in [0.25, 0.3) is 28.1 Å². The van der Waals surface area contributed by atoms with Gasteiger partial charge in [0.15, 0.2) is 0 Å².